The molecule has 0 N–H and O–H groups in total. The van der Waals surface area contributed by atoms with Gasteiger partial charge in [0.25, 0.3) is 0 Å². The zero-order valence-electron chi connectivity index (χ0n) is 21.4. The summed E-state index contributed by atoms with van der Waals surface area (Å²) < 4.78 is 13.7. The van der Waals surface area contributed by atoms with E-state index < -0.39 is 8.32 Å². The van der Waals surface area contributed by atoms with Crippen molar-refractivity contribution in [2.24, 2.45) is 0 Å². The first-order valence-electron chi connectivity index (χ1n) is 11.8. The van der Waals surface area contributed by atoms with Gasteiger partial charge in [-0.05, 0) is 49.3 Å². The van der Waals surface area contributed by atoms with Crippen molar-refractivity contribution in [1.82, 2.24) is 24.7 Å². The van der Waals surface area contributed by atoms with E-state index in [1.54, 1.807) is 12.3 Å². The van der Waals surface area contributed by atoms with Crippen molar-refractivity contribution in [3.05, 3.63) is 72.8 Å². The Bertz CT molecular complexity index is 1360. The number of hydrogen-bond donors (Lipinski definition) is 0. The van der Waals surface area contributed by atoms with E-state index >= 15 is 0 Å². The Labute approximate surface area is 208 Å². The van der Waals surface area contributed by atoms with Crippen molar-refractivity contribution in [3.8, 4) is 17.2 Å². The zero-order valence-corrected chi connectivity index (χ0v) is 22.4. The predicted molar refractivity (Wildman–Crippen MR) is 143 cm³/mol. The molecule has 1 aromatic carbocycles. The topological polar surface area (TPSA) is 75.0 Å². The Morgan fingerprint density at radius 3 is 2.63 bits per heavy atom. The molecule has 3 heterocycles. The molecule has 0 aliphatic rings. The molecule has 8 heteroatoms. The van der Waals surface area contributed by atoms with Crippen LogP contribution >= 0.6 is 0 Å². The SMILES string of the molecule is C=C(OCC)c1ccnc(-c2ccc3cnn(-c4cccc(CO[Si](C)(C)C(C)(C)C)n4)c3c2)n1. The van der Waals surface area contributed by atoms with Crippen LogP contribution < -0.4 is 0 Å². The average molecular weight is 488 g/mol. The molecule has 0 atom stereocenters. The third kappa shape index (κ3) is 5.33. The normalized spacial score (nSPS) is 12.2. The monoisotopic (exact) mass is 487 g/mol. The van der Waals surface area contributed by atoms with Crippen LogP contribution in [0.3, 0.4) is 0 Å². The van der Waals surface area contributed by atoms with E-state index in [0.717, 1.165) is 28.0 Å². The molecule has 0 aliphatic heterocycles. The van der Waals surface area contributed by atoms with Crippen LogP contribution in [0.4, 0.5) is 0 Å². The summed E-state index contributed by atoms with van der Waals surface area (Å²) in [6.45, 7) is 18.1. The molecule has 35 heavy (non-hydrogen) atoms. The molecule has 182 valence electrons. The molecular weight excluding hydrogens is 454 g/mol. The van der Waals surface area contributed by atoms with E-state index in [4.69, 9.17) is 14.1 Å². The summed E-state index contributed by atoms with van der Waals surface area (Å²) in [6.07, 6.45) is 3.56. The van der Waals surface area contributed by atoms with Crippen LogP contribution in [0.1, 0.15) is 39.1 Å². The lowest BCUT2D eigenvalue weighted by molar-refractivity contribution is 0.272. The highest BCUT2D eigenvalue weighted by atomic mass is 28.4. The van der Waals surface area contributed by atoms with Crippen molar-refractivity contribution < 1.29 is 9.16 Å². The lowest BCUT2D eigenvalue weighted by Crippen LogP contribution is -2.40. The molecule has 0 aliphatic carbocycles. The summed E-state index contributed by atoms with van der Waals surface area (Å²) in [5, 5.41) is 5.76. The molecule has 4 aromatic rings. The van der Waals surface area contributed by atoms with Crippen LogP contribution in [0.2, 0.25) is 18.1 Å². The minimum absolute atomic E-state index is 0.146. The van der Waals surface area contributed by atoms with Crippen molar-refractivity contribution >= 4 is 25.0 Å². The van der Waals surface area contributed by atoms with Gasteiger partial charge in [-0.15, -0.1) is 0 Å². The van der Waals surface area contributed by atoms with Gasteiger partial charge in [-0.2, -0.15) is 5.10 Å². The molecule has 7 nitrogen and oxygen atoms in total. The highest BCUT2D eigenvalue weighted by Gasteiger charge is 2.37. The second kappa shape index (κ2) is 9.71. The van der Waals surface area contributed by atoms with Gasteiger partial charge in [-0.25, -0.2) is 19.6 Å². The van der Waals surface area contributed by atoms with Crippen molar-refractivity contribution in [2.45, 2.75) is 52.4 Å². The van der Waals surface area contributed by atoms with Gasteiger partial charge in [-0.1, -0.05) is 45.5 Å². The molecule has 0 fully saturated rings. The minimum atomic E-state index is -1.87. The van der Waals surface area contributed by atoms with E-state index in [1.165, 1.54) is 0 Å². The Balaban J connectivity index is 1.65. The molecule has 0 amide bonds. The second-order valence-electron chi connectivity index (χ2n) is 9.99. The number of fused-ring (bicyclic) bond motifs is 1. The second-order valence-corrected chi connectivity index (χ2v) is 14.8. The van der Waals surface area contributed by atoms with E-state index in [9.17, 15) is 0 Å². The summed E-state index contributed by atoms with van der Waals surface area (Å²) in [6, 6.07) is 13.8. The lowest BCUT2D eigenvalue weighted by atomic mass is 10.1. The Morgan fingerprint density at radius 2 is 1.89 bits per heavy atom. The molecule has 0 saturated carbocycles. The maximum absolute atomic E-state index is 6.38. The van der Waals surface area contributed by atoms with Crippen LogP contribution in [0, 0.1) is 0 Å². The molecular formula is C27H33N5O2Si. The molecule has 0 radical (unpaired) electrons. The van der Waals surface area contributed by atoms with Gasteiger partial charge >= 0.3 is 0 Å². The summed E-state index contributed by atoms with van der Waals surface area (Å²) in [7, 11) is -1.87. The van der Waals surface area contributed by atoms with Crippen LogP contribution in [-0.4, -0.2) is 39.7 Å². The zero-order chi connectivity index (χ0) is 25.2. The van der Waals surface area contributed by atoms with Gasteiger partial charge < -0.3 is 9.16 Å². The third-order valence-corrected chi connectivity index (χ3v) is 11.0. The third-order valence-electron chi connectivity index (χ3n) is 6.49. The first kappa shape index (κ1) is 24.8. The first-order chi connectivity index (χ1) is 16.6. The average Bonchev–Trinajstić information content (AvgIpc) is 3.26. The number of benzene rings is 1. The molecule has 0 spiro atoms. The Kier molecular flexibility index (Phi) is 6.87. The number of nitrogens with zero attached hydrogens (tertiary/aromatic N) is 5. The molecule has 4 rings (SSSR count). The largest absolute Gasteiger partial charge is 0.492 e. The first-order valence-corrected chi connectivity index (χ1v) is 14.7. The summed E-state index contributed by atoms with van der Waals surface area (Å²) >= 11 is 0. The Morgan fingerprint density at radius 1 is 1.09 bits per heavy atom. The van der Waals surface area contributed by atoms with E-state index in [2.05, 4.69) is 55.5 Å². The maximum Gasteiger partial charge on any atom is 0.192 e. The summed E-state index contributed by atoms with van der Waals surface area (Å²) in [5.74, 6) is 1.87. The molecule has 0 saturated heterocycles. The van der Waals surface area contributed by atoms with Crippen LogP contribution in [0.15, 0.2) is 61.4 Å². The Hall–Kier alpha value is -3.36. The van der Waals surface area contributed by atoms with Gasteiger partial charge in [0, 0.05) is 17.1 Å². The van der Waals surface area contributed by atoms with E-state index in [1.807, 2.05) is 54.2 Å². The highest BCUT2D eigenvalue weighted by Crippen LogP contribution is 2.37. The maximum atomic E-state index is 6.38. The standard InChI is InChI=1S/C27H33N5O2Si/c1-8-33-19(2)23-14-15-28-26(31-23)20-12-13-21-17-29-32(24(21)16-20)25-11-9-10-22(30-25)18-34-35(6,7)27(3,4)5/h9-17H,2,8,18H2,1,3-7H3. The molecule has 3 aromatic heterocycles. The van der Waals surface area contributed by atoms with E-state index in [-0.39, 0.29) is 5.04 Å². The van der Waals surface area contributed by atoms with Gasteiger partial charge in [0.1, 0.15) is 11.5 Å². The fourth-order valence-electron chi connectivity index (χ4n) is 3.38. The van der Waals surface area contributed by atoms with Gasteiger partial charge in [0.05, 0.1) is 30.6 Å². The number of pyridine rings is 1. The van der Waals surface area contributed by atoms with Gasteiger partial charge in [0.15, 0.2) is 20.0 Å². The molecule has 0 unspecified atom stereocenters. The van der Waals surface area contributed by atoms with Crippen molar-refractivity contribution in [2.75, 3.05) is 6.61 Å². The number of rotatable bonds is 8. The van der Waals surface area contributed by atoms with Crippen LogP contribution in [0.25, 0.3) is 33.9 Å². The highest BCUT2D eigenvalue weighted by molar-refractivity contribution is 6.74. The summed E-state index contributed by atoms with van der Waals surface area (Å²) in [4.78, 5) is 14.0. The van der Waals surface area contributed by atoms with E-state index in [0.29, 0.717) is 30.5 Å². The fraction of sp³-hybridized carbons (Fsp3) is 0.333. The summed E-state index contributed by atoms with van der Waals surface area (Å²) in [5.41, 5.74) is 3.36. The van der Waals surface area contributed by atoms with Crippen molar-refractivity contribution in [3.63, 3.8) is 0 Å². The van der Waals surface area contributed by atoms with Gasteiger partial charge in [0.2, 0.25) is 0 Å². The minimum Gasteiger partial charge on any atom is -0.492 e. The van der Waals surface area contributed by atoms with Crippen LogP contribution in [0.5, 0.6) is 0 Å². The number of hydrogen-bond acceptors (Lipinski definition) is 6. The quantitative estimate of drug-likeness (QED) is 0.211. The smallest absolute Gasteiger partial charge is 0.192 e. The molecule has 0 bridgehead atoms. The van der Waals surface area contributed by atoms with Gasteiger partial charge in [-0.3, -0.25) is 0 Å². The predicted octanol–water partition coefficient (Wildman–Crippen LogP) is 6.41. The van der Waals surface area contributed by atoms with Crippen molar-refractivity contribution in [1.29, 1.82) is 0 Å². The lowest BCUT2D eigenvalue weighted by Gasteiger charge is -2.36. The number of ether oxygens (including phenoxy) is 1. The number of aromatic nitrogens is 5. The van der Waals surface area contributed by atoms with Crippen LogP contribution in [-0.2, 0) is 15.8 Å². The fourth-order valence-corrected chi connectivity index (χ4v) is 4.32.